The standard InChI is InChI=1S/C25H28F2N2O6/c1-33-23-17-4-9-35-22(17)15(12-18(23)25(32)29-20-5-8-34-13-21(20)30)10-14-2-3-16(19(27)11-14)24(31)28-7-6-26/h2-3,11-12,20-21,30H,4-10,13H2,1H3,(H,28,31)(H,29,32)/t20-,21-/m0/s1. The number of fused-ring (bicyclic) bond motifs is 1. The zero-order valence-electron chi connectivity index (χ0n) is 19.4. The molecule has 0 aromatic heterocycles. The third kappa shape index (κ3) is 5.38. The van der Waals surface area contributed by atoms with Crippen LogP contribution in [0.15, 0.2) is 24.3 Å². The number of benzene rings is 2. The van der Waals surface area contributed by atoms with E-state index < -0.39 is 36.5 Å². The number of hydrogen-bond acceptors (Lipinski definition) is 6. The molecule has 2 aromatic rings. The van der Waals surface area contributed by atoms with Gasteiger partial charge in [0.15, 0.2) is 0 Å². The summed E-state index contributed by atoms with van der Waals surface area (Å²) in [4.78, 5) is 25.2. The molecule has 0 saturated carbocycles. The quantitative estimate of drug-likeness (QED) is 0.522. The lowest BCUT2D eigenvalue weighted by Gasteiger charge is -2.28. The highest BCUT2D eigenvalue weighted by Gasteiger charge is 2.30. The summed E-state index contributed by atoms with van der Waals surface area (Å²) < 4.78 is 43.5. The first kappa shape index (κ1) is 24.9. The summed E-state index contributed by atoms with van der Waals surface area (Å²) in [5.74, 6) is -0.804. The first-order chi connectivity index (χ1) is 16.9. The van der Waals surface area contributed by atoms with E-state index in [-0.39, 0.29) is 25.1 Å². The second-order valence-electron chi connectivity index (χ2n) is 8.47. The average Bonchev–Trinajstić information content (AvgIpc) is 3.34. The van der Waals surface area contributed by atoms with Crippen LogP contribution in [0.5, 0.6) is 11.5 Å². The molecule has 3 N–H and O–H groups in total. The van der Waals surface area contributed by atoms with Crippen LogP contribution in [0.2, 0.25) is 0 Å². The second-order valence-corrected chi connectivity index (χ2v) is 8.47. The fourth-order valence-corrected chi connectivity index (χ4v) is 4.43. The zero-order chi connectivity index (χ0) is 24.9. The molecule has 2 aliphatic heterocycles. The van der Waals surface area contributed by atoms with Gasteiger partial charge in [-0.1, -0.05) is 6.07 Å². The highest BCUT2D eigenvalue weighted by Crippen LogP contribution is 2.40. The fraction of sp³-hybridized carbons (Fsp3) is 0.440. The minimum absolute atomic E-state index is 0.152. The van der Waals surface area contributed by atoms with Gasteiger partial charge in [-0.25, -0.2) is 8.78 Å². The van der Waals surface area contributed by atoms with Crippen LogP contribution in [0.25, 0.3) is 0 Å². The Morgan fingerprint density at radius 1 is 1.20 bits per heavy atom. The molecule has 8 nitrogen and oxygen atoms in total. The summed E-state index contributed by atoms with van der Waals surface area (Å²) in [5.41, 5.74) is 2.12. The van der Waals surface area contributed by atoms with Gasteiger partial charge in [-0.05, 0) is 35.7 Å². The molecule has 0 spiro atoms. The van der Waals surface area contributed by atoms with E-state index in [4.69, 9.17) is 14.2 Å². The number of carbonyl (C=O) groups excluding carboxylic acids is 2. The Balaban J connectivity index is 1.62. The van der Waals surface area contributed by atoms with Crippen LogP contribution in [-0.4, -0.2) is 69.2 Å². The van der Waals surface area contributed by atoms with Crippen molar-refractivity contribution in [2.45, 2.75) is 31.4 Å². The Hall–Kier alpha value is -3.24. The SMILES string of the molecule is COc1c(C(=O)N[C@H]2CCOC[C@@H]2O)cc(Cc2ccc(C(=O)NCCF)c(F)c2)c2c1CCO2. The van der Waals surface area contributed by atoms with Crippen LogP contribution in [0, 0.1) is 5.82 Å². The molecule has 2 atom stereocenters. The number of methoxy groups -OCH3 is 1. The summed E-state index contributed by atoms with van der Waals surface area (Å²) in [6, 6.07) is 5.41. The second kappa shape index (κ2) is 11.0. The largest absolute Gasteiger partial charge is 0.495 e. The lowest BCUT2D eigenvalue weighted by Crippen LogP contribution is -2.48. The number of halogens is 2. The number of amides is 2. The van der Waals surface area contributed by atoms with Gasteiger partial charge in [0.05, 0.1) is 43.6 Å². The highest BCUT2D eigenvalue weighted by molar-refractivity contribution is 5.98. The molecular weight excluding hydrogens is 462 g/mol. The number of hydrogen-bond donors (Lipinski definition) is 3. The van der Waals surface area contributed by atoms with E-state index in [1.54, 1.807) is 12.1 Å². The summed E-state index contributed by atoms with van der Waals surface area (Å²) in [7, 11) is 1.48. The third-order valence-corrected chi connectivity index (χ3v) is 6.15. The van der Waals surface area contributed by atoms with E-state index in [9.17, 15) is 23.5 Å². The van der Waals surface area contributed by atoms with Crippen molar-refractivity contribution in [2.75, 3.05) is 40.1 Å². The molecule has 0 bridgehead atoms. The third-order valence-electron chi connectivity index (χ3n) is 6.15. The van der Waals surface area contributed by atoms with Gasteiger partial charge in [-0.3, -0.25) is 9.59 Å². The van der Waals surface area contributed by atoms with Gasteiger partial charge < -0.3 is 30.0 Å². The van der Waals surface area contributed by atoms with Crippen molar-refractivity contribution in [3.8, 4) is 11.5 Å². The Morgan fingerprint density at radius 3 is 2.74 bits per heavy atom. The monoisotopic (exact) mass is 490 g/mol. The van der Waals surface area contributed by atoms with Crippen LogP contribution in [0.4, 0.5) is 8.78 Å². The molecule has 2 amide bonds. The van der Waals surface area contributed by atoms with Crippen LogP contribution >= 0.6 is 0 Å². The van der Waals surface area contributed by atoms with Crippen LogP contribution in [0.3, 0.4) is 0 Å². The van der Waals surface area contributed by atoms with Gasteiger partial charge >= 0.3 is 0 Å². The van der Waals surface area contributed by atoms with Crippen molar-refractivity contribution >= 4 is 11.8 Å². The maximum absolute atomic E-state index is 14.6. The van der Waals surface area contributed by atoms with Crippen LogP contribution in [-0.2, 0) is 17.6 Å². The predicted octanol–water partition coefficient (Wildman–Crippen LogP) is 1.94. The molecule has 1 saturated heterocycles. The van der Waals surface area contributed by atoms with Crippen molar-refractivity contribution in [2.24, 2.45) is 0 Å². The molecular formula is C25H28F2N2O6. The lowest BCUT2D eigenvalue weighted by atomic mass is 9.95. The van der Waals surface area contributed by atoms with Crippen molar-refractivity contribution in [1.29, 1.82) is 0 Å². The molecule has 10 heteroatoms. The van der Waals surface area contributed by atoms with E-state index >= 15 is 0 Å². The molecule has 2 aliphatic rings. The summed E-state index contributed by atoms with van der Waals surface area (Å²) in [6.45, 7) is 0.0848. The van der Waals surface area contributed by atoms with E-state index in [2.05, 4.69) is 10.6 Å². The molecule has 4 rings (SSSR count). The normalized spacial score (nSPS) is 19.0. The number of nitrogens with one attached hydrogen (secondary N) is 2. The van der Waals surface area contributed by atoms with Gasteiger partial charge in [-0.15, -0.1) is 0 Å². The van der Waals surface area contributed by atoms with Crippen molar-refractivity contribution in [3.05, 3.63) is 57.9 Å². The Kier molecular flexibility index (Phi) is 7.82. The highest BCUT2D eigenvalue weighted by atomic mass is 19.1. The summed E-state index contributed by atoms with van der Waals surface area (Å²) in [6.07, 6.45) is 0.477. The predicted molar refractivity (Wildman–Crippen MR) is 122 cm³/mol. The minimum Gasteiger partial charge on any atom is -0.495 e. The summed E-state index contributed by atoms with van der Waals surface area (Å²) in [5, 5.41) is 15.3. The van der Waals surface area contributed by atoms with Crippen molar-refractivity contribution in [3.63, 3.8) is 0 Å². The Morgan fingerprint density at radius 2 is 2.03 bits per heavy atom. The molecule has 0 radical (unpaired) electrons. The number of alkyl halides is 1. The zero-order valence-corrected chi connectivity index (χ0v) is 19.4. The molecule has 0 unspecified atom stereocenters. The van der Waals surface area contributed by atoms with E-state index in [0.29, 0.717) is 54.2 Å². The van der Waals surface area contributed by atoms with Gasteiger partial charge in [0.25, 0.3) is 11.8 Å². The van der Waals surface area contributed by atoms with Crippen LogP contribution in [0.1, 0.15) is 43.8 Å². The first-order valence-corrected chi connectivity index (χ1v) is 11.5. The molecule has 35 heavy (non-hydrogen) atoms. The summed E-state index contributed by atoms with van der Waals surface area (Å²) >= 11 is 0. The molecule has 0 aliphatic carbocycles. The van der Waals surface area contributed by atoms with Crippen LogP contribution < -0.4 is 20.1 Å². The average molecular weight is 491 g/mol. The van der Waals surface area contributed by atoms with E-state index in [1.807, 2.05) is 0 Å². The Bertz CT molecular complexity index is 1110. The number of carbonyl (C=O) groups is 2. The first-order valence-electron chi connectivity index (χ1n) is 11.5. The van der Waals surface area contributed by atoms with E-state index in [1.165, 1.54) is 19.2 Å². The molecule has 2 aromatic carbocycles. The van der Waals surface area contributed by atoms with Crippen molar-refractivity contribution in [1.82, 2.24) is 10.6 Å². The van der Waals surface area contributed by atoms with Gasteiger partial charge in [0, 0.05) is 31.6 Å². The Labute approximate surface area is 201 Å². The number of rotatable bonds is 8. The number of aliphatic hydroxyl groups is 1. The number of aliphatic hydroxyl groups excluding tert-OH is 1. The van der Waals surface area contributed by atoms with Crippen molar-refractivity contribution < 1.29 is 37.7 Å². The maximum Gasteiger partial charge on any atom is 0.255 e. The van der Waals surface area contributed by atoms with Gasteiger partial charge in [0.1, 0.15) is 24.0 Å². The van der Waals surface area contributed by atoms with E-state index in [0.717, 1.165) is 5.56 Å². The minimum atomic E-state index is -0.806. The topological polar surface area (TPSA) is 106 Å². The maximum atomic E-state index is 14.6. The fourth-order valence-electron chi connectivity index (χ4n) is 4.43. The lowest BCUT2D eigenvalue weighted by molar-refractivity contribution is -0.0261. The number of ether oxygens (including phenoxy) is 3. The molecule has 1 fully saturated rings. The molecule has 188 valence electrons. The molecule has 2 heterocycles. The van der Waals surface area contributed by atoms with Gasteiger partial charge in [0.2, 0.25) is 0 Å². The van der Waals surface area contributed by atoms with Gasteiger partial charge in [-0.2, -0.15) is 0 Å². The smallest absolute Gasteiger partial charge is 0.255 e.